The summed E-state index contributed by atoms with van der Waals surface area (Å²) >= 11 is 0. The van der Waals surface area contributed by atoms with Gasteiger partial charge in [-0.15, -0.1) is 0 Å². The summed E-state index contributed by atoms with van der Waals surface area (Å²) in [6, 6.07) is 0. The Morgan fingerprint density at radius 2 is 1.53 bits per heavy atom. The summed E-state index contributed by atoms with van der Waals surface area (Å²) in [6.07, 6.45) is 7.98. The second kappa shape index (κ2) is 3.86. The van der Waals surface area contributed by atoms with Crippen molar-refractivity contribution in [1.29, 1.82) is 0 Å². The van der Waals surface area contributed by atoms with Crippen molar-refractivity contribution in [2.45, 2.75) is 45.4 Å². The zero-order chi connectivity index (χ0) is 12.3. The third kappa shape index (κ3) is 2.25. The molecule has 0 radical (unpaired) electrons. The van der Waals surface area contributed by atoms with Crippen molar-refractivity contribution in [2.75, 3.05) is 5.75 Å². The lowest BCUT2D eigenvalue weighted by Gasteiger charge is -2.59. The van der Waals surface area contributed by atoms with E-state index in [1.54, 1.807) is 0 Å². The lowest BCUT2D eigenvalue weighted by atomic mass is 9.47. The number of rotatable bonds is 3. The average molecular weight is 277 g/mol. The minimum absolute atomic E-state index is 0.167. The van der Waals surface area contributed by atoms with Crippen LogP contribution in [0.3, 0.4) is 0 Å². The maximum atomic E-state index is 11.3. The summed E-state index contributed by atoms with van der Waals surface area (Å²) in [5.41, 5.74) is 0.302. The third-order valence-corrected chi connectivity index (χ3v) is 6.86. The van der Waals surface area contributed by atoms with Crippen LogP contribution in [0.4, 0.5) is 0 Å². The van der Waals surface area contributed by atoms with E-state index in [0.29, 0.717) is 5.41 Å². The van der Waals surface area contributed by atoms with Gasteiger partial charge in [0.15, 0.2) is 0 Å². The molecule has 4 aliphatic carbocycles. The minimum Gasteiger partial charge on any atom is -0.212 e. The van der Waals surface area contributed by atoms with E-state index >= 15 is 0 Å². The Kier molecular flexibility index (Phi) is 2.79. The van der Waals surface area contributed by atoms with Gasteiger partial charge >= 0.3 is 0 Å². The van der Waals surface area contributed by atoms with Crippen LogP contribution in [0, 0.1) is 29.1 Å². The molecule has 0 amide bonds. The summed E-state index contributed by atoms with van der Waals surface area (Å²) < 4.78 is 22.6. The second-order valence-corrected chi connectivity index (χ2v) is 9.71. The molecule has 0 N–H and O–H groups in total. The monoisotopic (exact) mass is 276 g/mol. The van der Waals surface area contributed by atoms with Gasteiger partial charge in [0.2, 0.25) is 9.05 Å². The van der Waals surface area contributed by atoms with Crippen molar-refractivity contribution in [3.05, 3.63) is 0 Å². The van der Waals surface area contributed by atoms with Gasteiger partial charge in [-0.3, -0.25) is 0 Å². The smallest absolute Gasteiger partial charge is 0.212 e. The summed E-state index contributed by atoms with van der Waals surface area (Å²) in [6.45, 7) is 2.10. The molecule has 17 heavy (non-hydrogen) atoms. The van der Waals surface area contributed by atoms with Crippen LogP contribution in [0.25, 0.3) is 0 Å². The van der Waals surface area contributed by atoms with Crippen LogP contribution in [0.2, 0.25) is 0 Å². The molecule has 4 fully saturated rings. The number of halogens is 1. The molecule has 4 aliphatic rings. The molecule has 98 valence electrons. The molecule has 0 aromatic carbocycles. The van der Waals surface area contributed by atoms with Gasteiger partial charge in [0.25, 0.3) is 0 Å². The molecule has 0 saturated heterocycles. The molecule has 4 heteroatoms. The van der Waals surface area contributed by atoms with E-state index in [1.165, 1.54) is 38.5 Å². The molecule has 4 bridgehead atoms. The first-order valence-electron chi connectivity index (χ1n) is 6.79. The lowest BCUT2D eigenvalue weighted by Crippen LogP contribution is -2.50. The molecule has 2 nitrogen and oxygen atoms in total. The van der Waals surface area contributed by atoms with E-state index in [-0.39, 0.29) is 11.7 Å². The summed E-state index contributed by atoms with van der Waals surface area (Å²) in [5.74, 6) is 3.03. The van der Waals surface area contributed by atoms with Crippen LogP contribution in [0.15, 0.2) is 0 Å². The van der Waals surface area contributed by atoms with Gasteiger partial charge in [-0.2, -0.15) is 0 Å². The molecule has 0 spiro atoms. The standard InChI is InChI=1S/C13H21ClO2S/c1-9(8-17(14,15)16)13-5-10-2-11(6-13)4-12(3-10)7-13/h9-12H,2-8H2,1H3. The number of hydrogen-bond acceptors (Lipinski definition) is 2. The molecular formula is C13H21ClO2S. The fourth-order valence-electron chi connectivity index (χ4n) is 5.26. The summed E-state index contributed by atoms with van der Waals surface area (Å²) in [4.78, 5) is 0. The highest BCUT2D eigenvalue weighted by atomic mass is 35.7. The molecule has 4 saturated carbocycles. The van der Waals surface area contributed by atoms with Crippen molar-refractivity contribution in [3.8, 4) is 0 Å². The largest absolute Gasteiger partial charge is 0.232 e. The van der Waals surface area contributed by atoms with E-state index < -0.39 is 9.05 Å². The van der Waals surface area contributed by atoms with Crippen molar-refractivity contribution in [3.63, 3.8) is 0 Å². The van der Waals surface area contributed by atoms with Gasteiger partial charge in [-0.1, -0.05) is 6.92 Å². The molecule has 4 rings (SSSR count). The fraction of sp³-hybridized carbons (Fsp3) is 1.00. The first-order chi connectivity index (χ1) is 7.86. The second-order valence-electron chi connectivity index (χ2n) is 6.89. The molecule has 0 aromatic rings. The van der Waals surface area contributed by atoms with Crippen molar-refractivity contribution >= 4 is 19.7 Å². The van der Waals surface area contributed by atoms with Crippen LogP contribution in [0.5, 0.6) is 0 Å². The van der Waals surface area contributed by atoms with Crippen LogP contribution in [-0.4, -0.2) is 14.2 Å². The maximum absolute atomic E-state index is 11.3. The normalized spacial score (nSPS) is 46.1. The SMILES string of the molecule is CC(CS(=O)(=O)Cl)C12CC3CC(CC(C3)C1)C2. The fourth-order valence-corrected chi connectivity index (χ4v) is 6.77. The highest BCUT2D eigenvalue weighted by Crippen LogP contribution is 2.62. The van der Waals surface area contributed by atoms with E-state index in [1.807, 2.05) is 0 Å². The molecule has 0 heterocycles. The predicted octanol–water partition coefficient (Wildman–Crippen LogP) is 3.41. The first kappa shape index (κ1) is 12.3. The Balaban J connectivity index is 1.82. The predicted molar refractivity (Wildman–Crippen MR) is 69.4 cm³/mol. The zero-order valence-corrected chi connectivity index (χ0v) is 11.9. The molecular weight excluding hydrogens is 256 g/mol. The zero-order valence-electron chi connectivity index (χ0n) is 10.4. The Morgan fingerprint density at radius 1 is 1.12 bits per heavy atom. The van der Waals surface area contributed by atoms with Crippen LogP contribution >= 0.6 is 10.7 Å². The van der Waals surface area contributed by atoms with Gasteiger partial charge in [-0.25, -0.2) is 8.42 Å². The Hall–Kier alpha value is 0.240. The van der Waals surface area contributed by atoms with Gasteiger partial charge in [0.05, 0.1) is 5.75 Å². The molecule has 1 unspecified atom stereocenters. The van der Waals surface area contributed by atoms with Gasteiger partial charge < -0.3 is 0 Å². The summed E-state index contributed by atoms with van der Waals surface area (Å²) in [7, 11) is 2.10. The van der Waals surface area contributed by atoms with Crippen LogP contribution in [-0.2, 0) is 9.05 Å². The van der Waals surface area contributed by atoms with Crippen molar-refractivity contribution < 1.29 is 8.42 Å². The third-order valence-electron chi connectivity index (χ3n) is 5.58. The lowest BCUT2D eigenvalue weighted by molar-refractivity contribution is -0.0780. The van der Waals surface area contributed by atoms with Crippen LogP contribution in [0.1, 0.15) is 45.4 Å². The van der Waals surface area contributed by atoms with E-state index in [0.717, 1.165) is 17.8 Å². The molecule has 1 atom stereocenters. The van der Waals surface area contributed by atoms with Crippen LogP contribution < -0.4 is 0 Å². The summed E-state index contributed by atoms with van der Waals surface area (Å²) in [5, 5.41) is 0. The van der Waals surface area contributed by atoms with Gasteiger partial charge in [0, 0.05) is 10.7 Å². The Labute approximate surface area is 109 Å². The number of hydrogen-bond donors (Lipinski definition) is 0. The highest BCUT2D eigenvalue weighted by Gasteiger charge is 2.53. The average Bonchev–Trinajstić information content (AvgIpc) is 2.12. The first-order valence-corrected chi connectivity index (χ1v) is 9.26. The van der Waals surface area contributed by atoms with Crippen molar-refractivity contribution in [1.82, 2.24) is 0 Å². The van der Waals surface area contributed by atoms with Gasteiger partial charge in [-0.05, 0) is 67.6 Å². The highest BCUT2D eigenvalue weighted by molar-refractivity contribution is 8.13. The van der Waals surface area contributed by atoms with E-state index in [4.69, 9.17) is 10.7 Å². The molecule has 0 aliphatic heterocycles. The molecule has 0 aromatic heterocycles. The quantitative estimate of drug-likeness (QED) is 0.741. The van der Waals surface area contributed by atoms with Gasteiger partial charge in [0.1, 0.15) is 0 Å². The Bertz CT molecular complexity index is 380. The van der Waals surface area contributed by atoms with E-state index in [2.05, 4.69) is 6.92 Å². The van der Waals surface area contributed by atoms with Crippen molar-refractivity contribution in [2.24, 2.45) is 29.1 Å². The minimum atomic E-state index is -3.34. The van der Waals surface area contributed by atoms with E-state index in [9.17, 15) is 8.42 Å². The Morgan fingerprint density at radius 3 is 1.88 bits per heavy atom. The maximum Gasteiger partial charge on any atom is 0.232 e. The topological polar surface area (TPSA) is 34.1 Å².